The van der Waals surface area contributed by atoms with Crippen molar-refractivity contribution in [3.63, 3.8) is 0 Å². The summed E-state index contributed by atoms with van der Waals surface area (Å²) < 4.78 is 8.46. The molecule has 5 nitrogen and oxygen atoms in total. The summed E-state index contributed by atoms with van der Waals surface area (Å²) in [4.78, 5) is 0. The maximum Gasteiger partial charge on any atom is 0.0792 e. The van der Waals surface area contributed by atoms with Crippen molar-refractivity contribution >= 4 is 15.9 Å². The van der Waals surface area contributed by atoms with Crippen molar-refractivity contribution in [1.29, 1.82) is 0 Å². The van der Waals surface area contributed by atoms with Crippen LogP contribution >= 0.6 is 15.9 Å². The molecule has 18 heavy (non-hydrogen) atoms. The third-order valence-corrected chi connectivity index (χ3v) is 4.38. The van der Waals surface area contributed by atoms with Gasteiger partial charge in [-0.3, -0.25) is 16.0 Å². The molecule has 0 amide bonds. The highest BCUT2D eigenvalue weighted by molar-refractivity contribution is 9.10. The molecule has 0 radical (unpaired) electrons. The average molecular weight is 319 g/mol. The van der Waals surface area contributed by atoms with E-state index in [-0.39, 0.29) is 11.6 Å². The van der Waals surface area contributed by atoms with Gasteiger partial charge in [-0.1, -0.05) is 6.92 Å². The quantitative estimate of drug-likeness (QED) is 0.617. The summed E-state index contributed by atoms with van der Waals surface area (Å²) in [5, 5.41) is 4.48. The van der Waals surface area contributed by atoms with Crippen molar-refractivity contribution in [3.05, 3.63) is 15.9 Å². The number of aryl methyl sites for hydroxylation is 2. The topological polar surface area (TPSA) is 65.1 Å². The van der Waals surface area contributed by atoms with Gasteiger partial charge in [-0.25, -0.2) is 0 Å². The van der Waals surface area contributed by atoms with Gasteiger partial charge >= 0.3 is 0 Å². The third kappa shape index (κ3) is 3.12. The van der Waals surface area contributed by atoms with Crippen LogP contribution in [0.4, 0.5) is 0 Å². The fraction of sp³-hybridized carbons (Fsp3) is 0.750. The summed E-state index contributed by atoms with van der Waals surface area (Å²) in [6.45, 7) is 6.12. The Morgan fingerprint density at radius 2 is 2.17 bits per heavy atom. The molecule has 1 atom stereocenters. The van der Waals surface area contributed by atoms with Crippen LogP contribution < -0.4 is 11.3 Å². The van der Waals surface area contributed by atoms with Crippen LogP contribution in [0.15, 0.2) is 4.47 Å². The Morgan fingerprint density at radius 3 is 2.56 bits per heavy atom. The summed E-state index contributed by atoms with van der Waals surface area (Å²) in [5.74, 6) is 5.65. The first-order valence-corrected chi connectivity index (χ1v) is 6.88. The molecule has 0 spiro atoms. The van der Waals surface area contributed by atoms with E-state index in [2.05, 4.69) is 33.4 Å². The van der Waals surface area contributed by atoms with Crippen molar-refractivity contribution in [2.45, 2.75) is 45.3 Å². The fourth-order valence-corrected chi connectivity index (χ4v) is 2.66. The lowest BCUT2D eigenvalue weighted by molar-refractivity contribution is -0.0105. The minimum atomic E-state index is -0.342. The largest absolute Gasteiger partial charge is 0.377 e. The number of aromatic nitrogens is 2. The molecule has 1 rings (SSSR count). The first-order chi connectivity index (χ1) is 8.37. The Balaban J connectivity index is 2.99. The van der Waals surface area contributed by atoms with Crippen molar-refractivity contribution < 1.29 is 4.74 Å². The van der Waals surface area contributed by atoms with Crippen LogP contribution in [0.25, 0.3) is 0 Å². The fourth-order valence-electron chi connectivity index (χ4n) is 1.88. The van der Waals surface area contributed by atoms with Gasteiger partial charge in [-0.15, -0.1) is 0 Å². The molecule has 0 saturated heterocycles. The Labute approximate surface area is 117 Å². The third-order valence-electron chi connectivity index (χ3n) is 3.47. The number of hydrogen-bond acceptors (Lipinski definition) is 4. The zero-order chi connectivity index (χ0) is 13.9. The number of nitrogens with zero attached hydrogens (tertiary/aromatic N) is 2. The highest BCUT2D eigenvalue weighted by atomic mass is 79.9. The smallest absolute Gasteiger partial charge is 0.0792 e. The van der Waals surface area contributed by atoms with E-state index >= 15 is 0 Å². The van der Waals surface area contributed by atoms with Gasteiger partial charge in [-0.2, -0.15) is 5.10 Å². The lowest BCUT2D eigenvalue weighted by Gasteiger charge is -2.32. The van der Waals surface area contributed by atoms with Gasteiger partial charge in [-0.05, 0) is 36.2 Å². The number of ether oxygens (including phenoxy) is 1. The van der Waals surface area contributed by atoms with Crippen molar-refractivity contribution in [1.82, 2.24) is 15.2 Å². The van der Waals surface area contributed by atoms with Gasteiger partial charge in [0.25, 0.3) is 0 Å². The number of rotatable bonds is 6. The molecule has 0 aliphatic rings. The predicted octanol–water partition coefficient (Wildman–Crippen LogP) is 1.54. The van der Waals surface area contributed by atoms with E-state index in [0.717, 1.165) is 28.7 Å². The van der Waals surface area contributed by atoms with Crippen LogP contribution in [-0.4, -0.2) is 28.5 Å². The molecule has 3 N–H and O–H groups in total. The number of nitrogens with one attached hydrogen (secondary N) is 1. The zero-order valence-electron chi connectivity index (χ0n) is 11.7. The molecule has 6 heteroatoms. The van der Waals surface area contributed by atoms with Gasteiger partial charge in [0, 0.05) is 20.6 Å². The second-order valence-electron chi connectivity index (χ2n) is 4.92. The minimum absolute atomic E-state index is 0.0129. The number of methoxy groups -OCH3 is 1. The maximum absolute atomic E-state index is 5.65. The van der Waals surface area contributed by atoms with E-state index in [0.29, 0.717) is 0 Å². The number of halogens is 1. The van der Waals surface area contributed by atoms with Gasteiger partial charge in [0.15, 0.2) is 0 Å². The normalized spacial score (nSPS) is 13.9. The molecule has 1 aromatic heterocycles. The van der Waals surface area contributed by atoms with E-state index in [1.54, 1.807) is 7.11 Å². The molecule has 0 fully saturated rings. The molecule has 0 aliphatic carbocycles. The SMILES string of the molecule is CCc1nn(C)c(CC(NN)C(C)(C)OC)c1Br. The first-order valence-electron chi connectivity index (χ1n) is 6.08. The summed E-state index contributed by atoms with van der Waals surface area (Å²) in [6.07, 6.45) is 1.66. The van der Waals surface area contributed by atoms with Crippen LogP contribution in [0.2, 0.25) is 0 Å². The summed E-state index contributed by atoms with van der Waals surface area (Å²) in [7, 11) is 3.65. The number of nitrogens with two attached hydrogens (primary N) is 1. The van der Waals surface area contributed by atoms with Crippen LogP contribution in [0.1, 0.15) is 32.2 Å². The number of hydrogen-bond donors (Lipinski definition) is 2. The van der Waals surface area contributed by atoms with Crippen LogP contribution in [-0.2, 0) is 24.6 Å². The number of hydrazine groups is 1. The molecule has 1 aromatic rings. The summed E-state index contributed by atoms with van der Waals surface area (Å²) in [6, 6.07) is 0.0129. The zero-order valence-corrected chi connectivity index (χ0v) is 13.3. The van der Waals surface area contributed by atoms with E-state index < -0.39 is 0 Å². The Bertz CT molecular complexity index is 403. The van der Waals surface area contributed by atoms with Gasteiger partial charge in [0.05, 0.1) is 27.5 Å². The Morgan fingerprint density at radius 1 is 1.56 bits per heavy atom. The lowest BCUT2D eigenvalue weighted by Crippen LogP contribution is -2.52. The van der Waals surface area contributed by atoms with Crippen LogP contribution in [0.3, 0.4) is 0 Å². The van der Waals surface area contributed by atoms with E-state index in [1.807, 2.05) is 25.6 Å². The van der Waals surface area contributed by atoms with Gasteiger partial charge in [0.2, 0.25) is 0 Å². The standard InChI is InChI=1S/C12H23BrN4O/c1-6-8-11(13)9(17(4)16-8)7-10(15-14)12(2,3)18-5/h10,15H,6-7,14H2,1-5H3. The van der Waals surface area contributed by atoms with Crippen molar-refractivity contribution in [2.75, 3.05) is 7.11 Å². The van der Waals surface area contributed by atoms with Crippen LogP contribution in [0.5, 0.6) is 0 Å². The first kappa shape index (κ1) is 15.6. The van der Waals surface area contributed by atoms with E-state index in [9.17, 15) is 0 Å². The highest BCUT2D eigenvalue weighted by Gasteiger charge is 2.30. The highest BCUT2D eigenvalue weighted by Crippen LogP contribution is 2.25. The maximum atomic E-state index is 5.65. The van der Waals surface area contributed by atoms with Crippen molar-refractivity contribution in [3.8, 4) is 0 Å². The predicted molar refractivity (Wildman–Crippen MR) is 76.2 cm³/mol. The molecule has 0 aromatic carbocycles. The molecule has 0 saturated carbocycles. The second-order valence-corrected chi connectivity index (χ2v) is 5.71. The minimum Gasteiger partial charge on any atom is -0.377 e. The van der Waals surface area contributed by atoms with Gasteiger partial charge < -0.3 is 4.74 Å². The van der Waals surface area contributed by atoms with E-state index in [1.165, 1.54) is 0 Å². The molecule has 0 bridgehead atoms. The monoisotopic (exact) mass is 318 g/mol. The Hall–Kier alpha value is -0.430. The average Bonchev–Trinajstić information content (AvgIpc) is 2.61. The van der Waals surface area contributed by atoms with Crippen LogP contribution in [0, 0.1) is 0 Å². The lowest BCUT2D eigenvalue weighted by atomic mass is 9.94. The van der Waals surface area contributed by atoms with Gasteiger partial charge in [0.1, 0.15) is 0 Å². The van der Waals surface area contributed by atoms with Crippen molar-refractivity contribution in [2.24, 2.45) is 12.9 Å². The molecule has 1 unspecified atom stereocenters. The molecule has 1 heterocycles. The molecular formula is C12H23BrN4O. The molecule has 0 aliphatic heterocycles. The summed E-state index contributed by atoms with van der Waals surface area (Å²) in [5.41, 5.74) is 4.69. The second kappa shape index (κ2) is 6.14. The molecular weight excluding hydrogens is 296 g/mol. The molecule has 104 valence electrons. The summed E-state index contributed by atoms with van der Waals surface area (Å²) >= 11 is 3.62. The van der Waals surface area contributed by atoms with E-state index in [4.69, 9.17) is 10.6 Å². The Kier molecular flexibility index (Phi) is 5.33.